The molecule has 2 aromatic heterocycles. The summed E-state index contributed by atoms with van der Waals surface area (Å²) < 4.78 is 50.7. The van der Waals surface area contributed by atoms with Crippen LogP contribution in [0, 0.1) is 4.64 Å². The zero-order chi connectivity index (χ0) is 24.1. The number of nitrogens with one attached hydrogen (secondary N) is 1. The van der Waals surface area contributed by atoms with Crippen LogP contribution in [0.15, 0.2) is 6.33 Å². The van der Waals surface area contributed by atoms with Gasteiger partial charge in [-0.25, -0.2) is 18.6 Å². The first-order chi connectivity index (χ1) is 14.6. The van der Waals surface area contributed by atoms with Crippen LogP contribution in [0.25, 0.3) is 11.2 Å². The van der Waals surface area contributed by atoms with Crippen LogP contribution in [-0.4, -0.2) is 59.5 Å². The number of aromatic amines is 1. The second-order valence-corrected chi connectivity index (χ2v) is 10.8. The Morgan fingerprint density at radius 1 is 1.22 bits per heavy atom. The van der Waals surface area contributed by atoms with E-state index in [0.29, 0.717) is 0 Å². The number of rotatable bonds is 8. The molecule has 22 heteroatoms. The van der Waals surface area contributed by atoms with Gasteiger partial charge in [0.2, 0.25) is 0 Å². The van der Waals surface area contributed by atoms with Crippen LogP contribution in [0.3, 0.4) is 0 Å². The van der Waals surface area contributed by atoms with Gasteiger partial charge in [-0.2, -0.15) is 0 Å². The average molecular weight is 536 g/mol. The number of H-pyrrole nitrogens is 1. The van der Waals surface area contributed by atoms with Crippen molar-refractivity contribution in [3.63, 3.8) is 0 Å². The number of phosphoric acid groups is 3. The Morgan fingerprint density at radius 3 is 2.50 bits per heavy atom. The SMILES string of the molecule is Nc1nc(=S)c2ncn([C@@H]3O[C@H](COP(=O)([O-])OP(=O)([O-])OP(=O)([O-])O)[C@H](O)C3O)c2[nH]1. The van der Waals surface area contributed by atoms with Gasteiger partial charge in [-0.05, 0) is 0 Å². The molecule has 6 N–H and O–H groups in total. The van der Waals surface area contributed by atoms with Gasteiger partial charge in [0.05, 0.1) is 12.9 Å². The molecule has 1 aliphatic heterocycles. The van der Waals surface area contributed by atoms with E-state index in [1.165, 1.54) is 10.9 Å². The van der Waals surface area contributed by atoms with E-state index in [1.54, 1.807) is 0 Å². The first-order valence-corrected chi connectivity index (χ1v) is 12.9. The van der Waals surface area contributed by atoms with Gasteiger partial charge in [0.25, 0.3) is 23.5 Å². The molecule has 0 spiro atoms. The zero-order valence-corrected chi connectivity index (χ0v) is 18.7. The van der Waals surface area contributed by atoms with Crippen molar-refractivity contribution in [3.05, 3.63) is 11.0 Å². The Bertz CT molecular complexity index is 1210. The van der Waals surface area contributed by atoms with E-state index in [2.05, 4.69) is 28.1 Å². The molecule has 0 radical (unpaired) electrons. The van der Waals surface area contributed by atoms with Crippen molar-refractivity contribution in [2.24, 2.45) is 0 Å². The number of fused-ring (bicyclic) bond motifs is 1. The molecule has 1 fully saturated rings. The number of nitrogen functional groups attached to an aromatic ring is 1. The molecule has 1 saturated heterocycles. The number of hydrogen-bond donors (Lipinski definition) is 5. The number of anilines is 1. The molecular weight excluding hydrogens is 523 g/mol. The minimum Gasteiger partial charge on any atom is -0.756 e. The number of imidazole rings is 1. The molecule has 0 bridgehead atoms. The van der Waals surface area contributed by atoms with Crippen LogP contribution >= 0.6 is 35.7 Å². The number of aliphatic hydroxyl groups excluding tert-OH is 2. The van der Waals surface area contributed by atoms with E-state index in [1.807, 2.05) is 0 Å². The summed E-state index contributed by atoms with van der Waals surface area (Å²) in [5.74, 6) is -0.0867. The lowest BCUT2D eigenvalue weighted by molar-refractivity contribution is -0.250. The fourth-order valence-electron chi connectivity index (χ4n) is 2.69. The van der Waals surface area contributed by atoms with E-state index < -0.39 is 54.6 Å². The third kappa shape index (κ3) is 5.85. The summed E-state index contributed by atoms with van der Waals surface area (Å²) >= 11 is 5.01. The highest BCUT2D eigenvalue weighted by Crippen LogP contribution is 2.61. The second-order valence-electron chi connectivity index (χ2n) is 6.14. The Morgan fingerprint density at radius 2 is 1.88 bits per heavy atom. The summed E-state index contributed by atoms with van der Waals surface area (Å²) in [6, 6.07) is 0. The highest BCUT2D eigenvalue weighted by atomic mass is 32.1. The predicted octanol–water partition coefficient (Wildman–Crippen LogP) is -2.86. The van der Waals surface area contributed by atoms with E-state index in [9.17, 15) is 38.6 Å². The van der Waals surface area contributed by atoms with Crippen LogP contribution < -0.4 is 20.4 Å². The minimum atomic E-state index is -6.09. The normalized spacial score (nSPS) is 29.4. The number of nitrogens with zero attached hydrogens (tertiary/aromatic N) is 3. The summed E-state index contributed by atoms with van der Waals surface area (Å²) in [6.45, 7) is -1.07. The van der Waals surface area contributed by atoms with Gasteiger partial charge in [0, 0.05) is 0 Å². The molecule has 180 valence electrons. The lowest BCUT2D eigenvalue weighted by atomic mass is 10.1. The van der Waals surface area contributed by atoms with Gasteiger partial charge < -0.3 is 49.8 Å². The van der Waals surface area contributed by atoms with Crippen molar-refractivity contribution in [2.45, 2.75) is 24.5 Å². The molecule has 7 atom stereocenters. The molecule has 2 aromatic rings. The number of phosphoric ester groups is 1. The van der Waals surface area contributed by atoms with E-state index in [0.717, 1.165) is 0 Å². The molecule has 0 saturated carbocycles. The van der Waals surface area contributed by atoms with Gasteiger partial charge in [-0.3, -0.25) is 18.3 Å². The molecule has 32 heavy (non-hydrogen) atoms. The molecular formula is C10H13N5O13P3S-3. The van der Waals surface area contributed by atoms with Crippen LogP contribution in [0.4, 0.5) is 5.95 Å². The first-order valence-electron chi connectivity index (χ1n) is 8.05. The van der Waals surface area contributed by atoms with E-state index in [4.69, 9.17) is 27.6 Å². The molecule has 18 nitrogen and oxygen atoms in total. The van der Waals surface area contributed by atoms with Gasteiger partial charge in [0.15, 0.2) is 16.8 Å². The summed E-state index contributed by atoms with van der Waals surface area (Å²) in [7, 11) is -17.8. The molecule has 0 aromatic carbocycles. The molecule has 3 heterocycles. The highest BCUT2D eigenvalue weighted by Gasteiger charge is 2.45. The predicted molar refractivity (Wildman–Crippen MR) is 96.2 cm³/mol. The van der Waals surface area contributed by atoms with Crippen molar-refractivity contribution in [1.82, 2.24) is 19.5 Å². The Hall–Kier alpha value is -1.14. The summed E-state index contributed by atoms with van der Waals surface area (Å²) in [4.78, 5) is 52.0. The van der Waals surface area contributed by atoms with Crippen molar-refractivity contribution < 1.29 is 61.4 Å². The summed E-state index contributed by atoms with van der Waals surface area (Å²) in [5, 5.41) is 20.4. The molecule has 3 rings (SSSR count). The largest absolute Gasteiger partial charge is 0.756 e. The monoisotopic (exact) mass is 536 g/mol. The smallest absolute Gasteiger partial charge is 0.280 e. The highest BCUT2D eigenvalue weighted by molar-refractivity contribution is 7.71. The molecule has 0 amide bonds. The van der Waals surface area contributed by atoms with Crippen LogP contribution in [0.1, 0.15) is 6.23 Å². The van der Waals surface area contributed by atoms with Gasteiger partial charge in [0.1, 0.15) is 29.5 Å². The fraction of sp³-hybridized carbons (Fsp3) is 0.500. The minimum absolute atomic E-state index is 0.0297. The van der Waals surface area contributed by atoms with Crippen LogP contribution in [-0.2, 0) is 31.6 Å². The van der Waals surface area contributed by atoms with Crippen LogP contribution in [0.5, 0.6) is 0 Å². The number of nitrogens with two attached hydrogens (primary N) is 1. The number of aromatic nitrogens is 4. The van der Waals surface area contributed by atoms with Gasteiger partial charge in [-0.1, -0.05) is 12.2 Å². The van der Waals surface area contributed by atoms with E-state index in [-0.39, 0.29) is 21.8 Å². The molecule has 0 aliphatic carbocycles. The van der Waals surface area contributed by atoms with Gasteiger partial charge in [-0.15, -0.1) is 0 Å². The molecule has 4 unspecified atom stereocenters. The van der Waals surface area contributed by atoms with Crippen LogP contribution in [0.2, 0.25) is 0 Å². The maximum absolute atomic E-state index is 11.6. The van der Waals surface area contributed by atoms with Crippen molar-refractivity contribution in [1.29, 1.82) is 0 Å². The van der Waals surface area contributed by atoms with Gasteiger partial charge >= 0.3 is 0 Å². The van der Waals surface area contributed by atoms with Crippen molar-refractivity contribution >= 4 is 52.8 Å². The number of ether oxygens (including phenoxy) is 1. The fourth-order valence-corrected chi connectivity index (χ4v) is 5.84. The summed E-state index contributed by atoms with van der Waals surface area (Å²) in [6.07, 6.45) is -5.12. The maximum Gasteiger partial charge on any atom is 0.280 e. The lowest BCUT2D eigenvalue weighted by Crippen LogP contribution is -2.34. The quantitative estimate of drug-likeness (QED) is 0.167. The lowest BCUT2D eigenvalue weighted by Gasteiger charge is -2.33. The second kappa shape index (κ2) is 8.90. The first kappa shape index (κ1) is 25.5. The number of aliphatic hydroxyl groups is 2. The number of hydrogen-bond acceptors (Lipinski definition) is 16. The standard InChI is InChI=1S/C10H16N5O13P3S/c11-10-13-7-4(8(32)14-10)12-2-15(7)9-6(17)5(16)3(26-9)1-25-30(21,22)28-31(23,24)27-29(18,19)20/h2-3,5-6,9,16-17H,1H2,(H,21,22)(H,23,24)(H2,18,19,20)(H3,11,13,14,32)/p-3/t3-,5+,6?,9-/m1/s1. The third-order valence-electron chi connectivity index (χ3n) is 3.88. The average Bonchev–Trinajstić information content (AvgIpc) is 3.12. The third-order valence-corrected chi connectivity index (χ3v) is 7.85. The Kier molecular flexibility index (Phi) is 7.09. The van der Waals surface area contributed by atoms with Crippen molar-refractivity contribution in [2.75, 3.05) is 12.3 Å². The topological polar surface area (TPSA) is 291 Å². The zero-order valence-electron chi connectivity index (χ0n) is 15.2. The molecule has 1 aliphatic rings. The van der Waals surface area contributed by atoms with Crippen molar-refractivity contribution in [3.8, 4) is 0 Å². The maximum atomic E-state index is 11.6. The summed E-state index contributed by atoms with van der Waals surface area (Å²) in [5.41, 5.74) is 5.93. The van der Waals surface area contributed by atoms with E-state index >= 15 is 0 Å². The Balaban J connectivity index is 1.72. The Labute approximate surface area is 182 Å².